The second-order valence-electron chi connectivity index (χ2n) is 6.15. The number of halogens is 1. The Balaban J connectivity index is 0.00000312. The summed E-state index contributed by atoms with van der Waals surface area (Å²) in [4.78, 5) is 18.6. The molecule has 1 amide bonds. The number of nitrogens with zero attached hydrogens (tertiary/aromatic N) is 2. The highest BCUT2D eigenvalue weighted by atomic mass is 127. The second-order valence-corrected chi connectivity index (χ2v) is 6.15. The van der Waals surface area contributed by atoms with Crippen molar-refractivity contribution in [1.82, 2.24) is 15.5 Å². The van der Waals surface area contributed by atoms with Crippen LogP contribution in [0.1, 0.15) is 44.6 Å². The average molecular weight is 458 g/mol. The van der Waals surface area contributed by atoms with Crippen molar-refractivity contribution < 1.29 is 4.79 Å². The Morgan fingerprint density at radius 2 is 1.96 bits per heavy atom. The molecule has 2 rings (SSSR count). The Labute approximate surface area is 168 Å². The summed E-state index contributed by atoms with van der Waals surface area (Å²) < 4.78 is 0. The molecule has 1 saturated heterocycles. The molecule has 25 heavy (non-hydrogen) atoms. The molecule has 0 aromatic heterocycles. The third kappa shape index (κ3) is 8.56. The van der Waals surface area contributed by atoms with E-state index in [0.29, 0.717) is 18.9 Å². The lowest BCUT2D eigenvalue weighted by Crippen LogP contribution is -2.39. The molecular formula is C19H31IN4O. The fourth-order valence-corrected chi connectivity index (χ4v) is 2.85. The van der Waals surface area contributed by atoms with Crippen LogP contribution in [0, 0.1) is 0 Å². The number of hydrogen-bond acceptors (Lipinski definition) is 2. The van der Waals surface area contributed by atoms with Crippen molar-refractivity contribution in [2.24, 2.45) is 4.99 Å². The van der Waals surface area contributed by atoms with E-state index in [1.165, 1.54) is 12.0 Å². The van der Waals surface area contributed by atoms with Gasteiger partial charge in [-0.05, 0) is 31.7 Å². The molecule has 0 atom stereocenters. The molecule has 1 fully saturated rings. The summed E-state index contributed by atoms with van der Waals surface area (Å²) in [5.74, 6) is 1.15. The largest absolute Gasteiger partial charge is 0.357 e. The van der Waals surface area contributed by atoms with E-state index in [-0.39, 0.29) is 24.0 Å². The van der Waals surface area contributed by atoms with Gasteiger partial charge in [0.15, 0.2) is 5.96 Å². The minimum atomic E-state index is 0. The number of aliphatic imine (C=N–C) groups is 1. The fourth-order valence-electron chi connectivity index (χ4n) is 2.85. The van der Waals surface area contributed by atoms with E-state index in [0.717, 1.165) is 51.4 Å². The monoisotopic (exact) mass is 458 g/mol. The van der Waals surface area contributed by atoms with Gasteiger partial charge in [-0.15, -0.1) is 24.0 Å². The number of guanidine groups is 1. The molecule has 1 aliphatic rings. The summed E-state index contributed by atoms with van der Waals surface area (Å²) in [6.45, 7) is 6.15. The van der Waals surface area contributed by atoms with Gasteiger partial charge < -0.3 is 15.5 Å². The predicted molar refractivity (Wildman–Crippen MR) is 114 cm³/mol. The molecule has 6 heteroatoms. The maximum absolute atomic E-state index is 12.0. The average Bonchev–Trinajstić information content (AvgIpc) is 2.81. The van der Waals surface area contributed by atoms with Crippen molar-refractivity contribution in [3.63, 3.8) is 0 Å². The van der Waals surface area contributed by atoms with Crippen LogP contribution in [0.5, 0.6) is 0 Å². The summed E-state index contributed by atoms with van der Waals surface area (Å²) >= 11 is 0. The van der Waals surface area contributed by atoms with Crippen LogP contribution in [0.2, 0.25) is 0 Å². The van der Waals surface area contributed by atoms with Crippen LogP contribution < -0.4 is 10.6 Å². The molecule has 0 bridgehead atoms. The zero-order valence-electron chi connectivity index (χ0n) is 15.2. The number of likely N-dealkylation sites (tertiary alicyclic amines) is 1. The van der Waals surface area contributed by atoms with Gasteiger partial charge in [0, 0.05) is 32.6 Å². The highest BCUT2D eigenvalue weighted by Gasteiger charge is 2.15. The topological polar surface area (TPSA) is 56.7 Å². The van der Waals surface area contributed by atoms with Gasteiger partial charge >= 0.3 is 0 Å². The minimum absolute atomic E-state index is 0. The van der Waals surface area contributed by atoms with E-state index in [9.17, 15) is 4.79 Å². The Bertz CT molecular complexity index is 521. The Kier molecular flexibility index (Phi) is 11.3. The van der Waals surface area contributed by atoms with E-state index in [4.69, 9.17) is 0 Å². The molecule has 1 aromatic carbocycles. The second kappa shape index (κ2) is 13.0. The first-order valence-corrected chi connectivity index (χ1v) is 9.13. The van der Waals surface area contributed by atoms with Gasteiger partial charge in [-0.2, -0.15) is 0 Å². The first-order chi connectivity index (χ1) is 11.8. The van der Waals surface area contributed by atoms with Gasteiger partial charge in [0.25, 0.3) is 0 Å². The lowest BCUT2D eigenvalue weighted by Gasteiger charge is -2.20. The van der Waals surface area contributed by atoms with E-state index in [2.05, 4.69) is 34.7 Å². The van der Waals surface area contributed by atoms with Gasteiger partial charge in [-0.25, -0.2) is 4.99 Å². The highest BCUT2D eigenvalue weighted by Crippen LogP contribution is 2.11. The number of hydrogen-bond donors (Lipinski definition) is 2. The maximum atomic E-state index is 12.0. The summed E-state index contributed by atoms with van der Waals surface area (Å²) in [6.07, 6.45) is 5.03. The highest BCUT2D eigenvalue weighted by molar-refractivity contribution is 14.0. The molecule has 0 saturated carbocycles. The standard InChI is InChI=1S/C19H30N4O.HI/c1-2-20-19(22-16-17-10-5-3-6-11-17)21-13-9-15-23-14-8-4-7-12-18(23)24;/h3,5-6,10-11H,2,4,7-9,12-16H2,1H3,(H2,20,21,22);1H. The Morgan fingerprint density at radius 3 is 2.72 bits per heavy atom. The first kappa shape index (κ1) is 21.7. The Hall–Kier alpha value is -1.31. The van der Waals surface area contributed by atoms with Crippen LogP contribution in [0.4, 0.5) is 0 Å². The number of carbonyl (C=O) groups is 1. The minimum Gasteiger partial charge on any atom is -0.357 e. The number of carbonyl (C=O) groups excluding carboxylic acids is 1. The summed E-state index contributed by atoms with van der Waals surface area (Å²) in [5.41, 5.74) is 1.20. The molecule has 0 unspecified atom stereocenters. The number of nitrogens with one attached hydrogen (secondary N) is 2. The van der Waals surface area contributed by atoms with E-state index < -0.39 is 0 Å². The quantitative estimate of drug-likeness (QED) is 0.286. The van der Waals surface area contributed by atoms with Crippen LogP contribution in [-0.2, 0) is 11.3 Å². The molecular weight excluding hydrogens is 427 g/mol. The van der Waals surface area contributed by atoms with Crippen molar-refractivity contribution in [2.45, 2.75) is 45.6 Å². The molecule has 1 heterocycles. The number of amides is 1. The van der Waals surface area contributed by atoms with E-state index in [1.54, 1.807) is 0 Å². The smallest absolute Gasteiger partial charge is 0.222 e. The SMILES string of the molecule is CCNC(=NCc1ccccc1)NCCCN1CCCCCC1=O.I. The first-order valence-electron chi connectivity index (χ1n) is 9.13. The van der Waals surface area contributed by atoms with Crippen LogP contribution in [0.25, 0.3) is 0 Å². The molecule has 0 spiro atoms. The van der Waals surface area contributed by atoms with Gasteiger partial charge in [-0.1, -0.05) is 36.8 Å². The molecule has 0 aliphatic carbocycles. The zero-order chi connectivity index (χ0) is 17.0. The van der Waals surface area contributed by atoms with E-state index in [1.807, 2.05) is 23.1 Å². The van der Waals surface area contributed by atoms with Gasteiger partial charge in [0.05, 0.1) is 6.54 Å². The summed E-state index contributed by atoms with van der Waals surface area (Å²) in [7, 11) is 0. The fraction of sp³-hybridized carbons (Fsp3) is 0.579. The van der Waals surface area contributed by atoms with Crippen LogP contribution in [0.3, 0.4) is 0 Å². The zero-order valence-corrected chi connectivity index (χ0v) is 17.5. The van der Waals surface area contributed by atoms with Crippen molar-refractivity contribution in [3.05, 3.63) is 35.9 Å². The third-order valence-electron chi connectivity index (χ3n) is 4.18. The maximum Gasteiger partial charge on any atom is 0.222 e. The molecule has 1 aromatic rings. The van der Waals surface area contributed by atoms with Crippen LogP contribution in [-0.4, -0.2) is 42.9 Å². The lowest BCUT2D eigenvalue weighted by molar-refractivity contribution is -0.130. The number of benzene rings is 1. The lowest BCUT2D eigenvalue weighted by atomic mass is 10.2. The van der Waals surface area contributed by atoms with Crippen LogP contribution in [0.15, 0.2) is 35.3 Å². The molecule has 2 N–H and O–H groups in total. The summed E-state index contributed by atoms with van der Waals surface area (Å²) in [6, 6.07) is 10.2. The number of rotatable bonds is 7. The van der Waals surface area contributed by atoms with E-state index >= 15 is 0 Å². The van der Waals surface area contributed by atoms with Crippen LogP contribution >= 0.6 is 24.0 Å². The summed E-state index contributed by atoms with van der Waals surface area (Å²) in [5, 5.41) is 6.63. The predicted octanol–water partition coefficient (Wildman–Crippen LogP) is 3.15. The van der Waals surface area contributed by atoms with Crippen molar-refractivity contribution in [1.29, 1.82) is 0 Å². The van der Waals surface area contributed by atoms with Gasteiger partial charge in [-0.3, -0.25) is 4.79 Å². The normalized spacial score (nSPS) is 15.3. The van der Waals surface area contributed by atoms with Crippen molar-refractivity contribution >= 4 is 35.8 Å². The van der Waals surface area contributed by atoms with Gasteiger partial charge in [0.1, 0.15) is 0 Å². The van der Waals surface area contributed by atoms with Crippen molar-refractivity contribution in [2.75, 3.05) is 26.2 Å². The Morgan fingerprint density at radius 1 is 1.16 bits per heavy atom. The molecule has 0 radical (unpaired) electrons. The van der Waals surface area contributed by atoms with Crippen molar-refractivity contribution in [3.8, 4) is 0 Å². The molecule has 5 nitrogen and oxygen atoms in total. The molecule has 140 valence electrons. The van der Waals surface area contributed by atoms with Gasteiger partial charge in [0.2, 0.25) is 5.91 Å². The molecule has 1 aliphatic heterocycles. The third-order valence-corrected chi connectivity index (χ3v) is 4.18.